The molecule has 7 heteroatoms. The molecule has 1 aromatic rings. The van der Waals surface area contributed by atoms with Crippen molar-refractivity contribution in [1.29, 1.82) is 0 Å². The summed E-state index contributed by atoms with van der Waals surface area (Å²) in [5.74, 6) is 1.84. The molecule has 21 heavy (non-hydrogen) atoms. The Hall–Kier alpha value is -1.66. The van der Waals surface area contributed by atoms with Gasteiger partial charge in [-0.1, -0.05) is 0 Å². The number of halogens is 1. The molecule has 1 aromatic carbocycles. The first kappa shape index (κ1) is 17.4. The number of hydrogen-bond acceptors (Lipinski definition) is 5. The van der Waals surface area contributed by atoms with Crippen molar-refractivity contribution in [3.8, 4) is 17.2 Å². The summed E-state index contributed by atoms with van der Waals surface area (Å²) >= 11 is 0. The third-order valence-corrected chi connectivity index (χ3v) is 3.39. The molecule has 0 radical (unpaired) electrons. The van der Waals surface area contributed by atoms with Crippen molar-refractivity contribution < 1.29 is 19.0 Å². The molecule has 0 atom stereocenters. The van der Waals surface area contributed by atoms with Crippen LogP contribution in [-0.2, 0) is 11.3 Å². The van der Waals surface area contributed by atoms with Crippen LogP contribution in [-0.4, -0.2) is 40.3 Å². The Labute approximate surface area is 130 Å². The van der Waals surface area contributed by atoms with Crippen LogP contribution >= 0.6 is 12.4 Å². The fraction of sp³-hybridized carbons (Fsp3) is 0.500. The average molecular weight is 317 g/mol. The van der Waals surface area contributed by atoms with Crippen LogP contribution in [0.15, 0.2) is 12.1 Å². The van der Waals surface area contributed by atoms with Gasteiger partial charge in [-0.2, -0.15) is 0 Å². The number of methoxy groups -OCH3 is 3. The molecule has 2 N–H and O–H groups in total. The Morgan fingerprint density at radius 3 is 2.33 bits per heavy atom. The molecule has 1 aliphatic rings. The lowest BCUT2D eigenvalue weighted by Gasteiger charge is -2.26. The van der Waals surface area contributed by atoms with E-state index in [1.807, 2.05) is 6.07 Å². The minimum absolute atomic E-state index is 0. The van der Waals surface area contributed by atoms with Gasteiger partial charge in [-0.05, 0) is 12.1 Å². The van der Waals surface area contributed by atoms with Crippen molar-refractivity contribution in [1.82, 2.24) is 10.6 Å². The van der Waals surface area contributed by atoms with Crippen LogP contribution in [0.2, 0.25) is 0 Å². The Morgan fingerprint density at radius 2 is 1.86 bits per heavy atom. The smallest absolute Gasteiger partial charge is 0.225 e. The summed E-state index contributed by atoms with van der Waals surface area (Å²) in [4.78, 5) is 11.8. The zero-order valence-electron chi connectivity index (χ0n) is 12.4. The van der Waals surface area contributed by atoms with Crippen molar-refractivity contribution >= 4 is 18.3 Å². The van der Waals surface area contributed by atoms with Gasteiger partial charge in [0.05, 0.1) is 27.2 Å². The zero-order valence-corrected chi connectivity index (χ0v) is 13.2. The second-order valence-corrected chi connectivity index (χ2v) is 4.57. The van der Waals surface area contributed by atoms with E-state index in [0.717, 1.165) is 18.7 Å². The number of nitrogens with one attached hydrogen (secondary N) is 2. The van der Waals surface area contributed by atoms with Gasteiger partial charge in [-0.15, -0.1) is 12.4 Å². The minimum atomic E-state index is 0. The Kier molecular flexibility index (Phi) is 6.58. The second kappa shape index (κ2) is 7.95. The van der Waals surface area contributed by atoms with Crippen molar-refractivity contribution in [2.75, 3.05) is 34.4 Å². The van der Waals surface area contributed by atoms with E-state index in [4.69, 9.17) is 14.2 Å². The summed E-state index contributed by atoms with van der Waals surface area (Å²) in [5, 5.41) is 5.98. The summed E-state index contributed by atoms with van der Waals surface area (Å²) in [5.41, 5.74) is 0.853. The van der Waals surface area contributed by atoms with Gasteiger partial charge in [0.25, 0.3) is 0 Å². The Bertz CT molecular complexity index is 492. The summed E-state index contributed by atoms with van der Waals surface area (Å²) in [6, 6.07) is 3.66. The molecule has 2 rings (SSSR count). The van der Waals surface area contributed by atoms with Crippen LogP contribution in [0.4, 0.5) is 0 Å². The minimum Gasteiger partial charge on any atom is -0.493 e. The third-order valence-electron chi connectivity index (χ3n) is 3.39. The standard InChI is InChI=1S/C14H20N2O4.ClH/c1-18-11-5-4-9(12(19-2)13(11)20-3)8-16-14(17)10-6-15-7-10;/h4-5,10,15H,6-8H2,1-3H3,(H,16,17);1H. The average Bonchev–Trinajstić information content (AvgIpc) is 2.41. The maximum absolute atomic E-state index is 11.8. The van der Waals surface area contributed by atoms with E-state index in [1.165, 1.54) is 0 Å². The molecule has 0 spiro atoms. The maximum Gasteiger partial charge on any atom is 0.225 e. The molecule has 1 aliphatic heterocycles. The van der Waals surface area contributed by atoms with Gasteiger partial charge in [-0.25, -0.2) is 0 Å². The molecule has 1 amide bonds. The molecule has 6 nitrogen and oxygen atoms in total. The van der Waals surface area contributed by atoms with Gasteiger partial charge in [0.1, 0.15) is 0 Å². The fourth-order valence-corrected chi connectivity index (χ4v) is 2.10. The fourth-order valence-electron chi connectivity index (χ4n) is 2.10. The highest BCUT2D eigenvalue weighted by Gasteiger charge is 2.25. The quantitative estimate of drug-likeness (QED) is 0.818. The van der Waals surface area contributed by atoms with Crippen LogP contribution in [0.5, 0.6) is 17.2 Å². The lowest BCUT2D eigenvalue weighted by Crippen LogP contribution is -2.50. The zero-order chi connectivity index (χ0) is 14.5. The van der Waals surface area contributed by atoms with E-state index in [2.05, 4.69) is 10.6 Å². The Balaban J connectivity index is 0.00000220. The molecular formula is C14H21ClN2O4. The van der Waals surface area contributed by atoms with E-state index in [0.29, 0.717) is 23.8 Å². The summed E-state index contributed by atoms with van der Waals surface area (Å²) in [7, 11) is 4.70. The van der Waals surface area contributed by atoms with Crippen molar-refractivity contribution in [2.45, 2.75) is 6.54 Å². The molecule has 118 valence electrons. The molecule has 0 unspecified atom stereocenters. The van der Waals surface area contributed by atoms with E-state index >= 15 is 0 Å². The van der Waals surface area contributed by atoms with Gasteiger partial charge >= 0.3 is 0 Å². The molecule has 0 bridgehead atoms. The molecule has 0 aromatic heterocycles. The Morgan fingerprint density at radius 1 is 1.19 bits per heavy atom. The highest BCUT2D eigenvalue weighted by molar-refractivity contribution is 5.85. The van der Waals surface area contributed by atoms with Crippen molar-refractivity contribution in [3.05, 3.63) is 17.7 Å². The number of amides is 1. The number of rotatable bonds is 6. The van der Waals surface area contributed by atoms with Gasteiger partial charge in [0, 0.05) is 25.2 Å². The van der Waals surface area contributed by atoms with Gasteiger partial charge in [-0.3, -0.25) is 4.79 Å². The number of ether oxygens (including phenoxy) is 3. The number of carbonyl (C=O) groups is 1. The normalized spacial score (nSPS) is 13.7. The van der Waals surface area contributed by atoms with E-state index in [9.17, 15) is 4.79 Å². The predicted molar refractivity (Wildman–Crippen MR) is 81.6 cm³/mol. The molecule has 0 saturated carbocycles. The van der Waals surface area contributed by atoms with Crippen molar-refractivity contribution in [2.24, 2.45) is 5.92 Å². The predicted octanol–water partition coefficient (Wildman–Crippen LogP) is 0.970. The molecular weight excluding hydrogens is 296 g/mol. The first-order valence-electron chi connectivity index (χ1n) is 6.47. The first-order chi connectivity index (χ1) is 9.71. The van der Waals surface area contributed by atoms with E-state index < -0.39 is 0 Å². The highest BCUT2D eigenvalue weighted by Crippen LogP contribution is 2.39. The molecule has 0 aliphatic carbocycles. The topological polar surface area (TPSA) is 68.8 Å². The number of carbonyl (C=O) groups excluding carboxylic acids is 1. The van der Waals surface area contributed by atoms with Crippen LogP contribution in [0.3, 0.4) is 0 Å². The maximum atomic E-state index is 11.8. The molecule has 1 fully saturated rings. The van der Waals surface area contributed by atoms with Crippen LogP contribution in [0.25, 0.3) is 0 Å². The largest absolute Gasteiger partial charge is 0.493 e. The van der Waals surface area contributed by atoms with E-state index in [-0.39, 0.29) is 24.2 Å². The lowest BCUT2D eigenvalue weighted by atomic mass is 10.0. The highest BCUT2D eigenvalue weighted by atomic mass is 35.5. The summed E-state index contributed by atoms with van der Waals surface area (Å²) in [6.45, 7) is 1.89. The SMILES string of the molecule is COc1ccc(CNC(=O)C2CNC2)c(OC)c1OC.Cl. The monoisotopic (exact) mass is 316 g/mol. The van der Waals surface area contributed by atoms with Gasteiger partial charge in [0.15, 0.2) is 11.5 Å². The molecule has 1 heterocycles. The molecule has 1 saturated heterocycles. The van der Waals surface area contributed by atoms with Crippen LogP contribution in [0.1, 0.15) is 5.56 Å². The van der Waals surface area contributed by atoms with Gasteiger partial charge < -0.3 is 24.8 Å². The van der Waals surface area contributed by atoms with Crippen LogP contribution < -0.4 is 24.8 Å². The van der Waals surface area contributed by atoms with Crippen LogP contribution in [0, 0.1) is 5.92 Å². The van der Waals surface area contributed by atoms with E-state index in [1.54, 1.807) is 27.4 Å². The van der Waals surface area contributed by atoms with Gasteiger partial charge in [0.2, 0.25) is 11.7 Å². The lowest BCUT2D eigenvalue weighted by molar-refractivity contribution is -0.126. The second-order valence-electron chi connectivity index (χ2n) is 4.57. The summed E-state index contributed by atoms with van der Waals surface area (Å²) in [6.07, 6.45) is 0. The summed E-state index contributed by atoms with van der Waals surface area (Å²) < 4.78 is 15.9. The number of benzene rings is 1. The van der Waals surface area contributed by atoms with Crippen molar-refractivity contribution in [3.63, 3.8) is 0 Å². The third kappa shape index (κ3) is 3.71. The first-order valence-corrected chi connectivity index (χ1v) is 6.47. The number of hydrogen-bond donors (Lipinski definition) is 2.